The van der Waals surface area contributed by atoms with Gasteiger partial charge in [0.25, 0.3) is 5.91 Å². The number of hydrogen-bond acceptors (Lipinski definition) is 3. The molecular formula is C29H31N3O2S. The van der Waals surface area contributed by atoms with E-state index in [0.29, 0.717) is 24.8 Å². The maximum absolute atomic E-state index is 14.1. The van der Waals surface area contributed by atoms with Crippen LogP contribution in [0.2, 0.25) is 0 Å². The van der Waals surface area contributed by atoms with Crippen LogP contribution in [-0.2, 0) is 16.2 Å². The molecule has 0 aromatic heterocycles. The molecule has 0 unspecified atom stereocenters. The predicted molar refractivity (Wildman–Crippen MR) is 144 cm³/mol. The number of benzene rings is 3. The Morgan fingerprint density at radius 1 is 1.00 bits per heavy atom. The number of hydrogen-bond donors (Lipinski definition) is 1. The van der Waals surface area contributed by atoms with Crippen molar-refractivity contribution in [3.8, 4) is 0 Å². The molecule has 0 aliphatic carbocycles. The van der Waals surface area contributed by atoms with Crippen molar-refractivity contribution in [3.63, 3.8) is 0 Å². The lowest BCUT2D eigenvalue weighted by atomic mass is 10.0. The zero-order chi connectivity index (χ0) is 24.7. The Kier molecular flexibility index (Phi) is 6.09. The Balaban J connectivity index is 1.48. The highest BCUT2D eigenvalue weighted by Gasteiger charge is 2.59. The van der Waals surface area contributed by atoms with E-state index in [1.807, 2.05) is 48.2 Å². The van der Waals surface area contributed by atoms with E-state index in [-0.39, 0.29) is 11.9 Å². The molecule has 2 aliphatic heterocycles. The monoisotopic (exact) mass is 485 g/mol. The van der Waals surface area contributed by atoms with Gasteiger partial charge in [0, 0.05) is 23.5 Å². The number of aryl methyl sites for hydroxylation is 2. The van der Waals surface area contributed by atoms with Crippen molar-refractivity contribution in [2.75, 3.05) is 22.5 Å². The maximum atomic E-state index is 14.1. The second-order valence-corrected chi connectivity index (χ2v) is 11.0. The largest absolute Gasteiger partial charge is 0.323 e. The molecule has 1 atom stereocenters. The summed E-state index contributed by atoms with van der Waals surface area (Å²) in [7, 11) is 0. The Labute approximate surface area is 211 Å². The van der Waals surface area contributed by atoms with E-state index in [0.717, 1.165) is 28.1 Å². The van der Waals surface area contributed by atoms with Crippen LogP contribution in [-0.4, -0.2) is 29.1 Å². The Bertz CT molecular complexity index is 1270. The van der Waals surface area contributed by atoms with Gasteiger partial charge in [0.1, 0.15) is 0 Å². The van der Waals surface area contributed by atoms with E-state index in [2.05, 4.69) is 56.4 Å². The molecule has 1 spiro atoms. The first-order valence-corrected chi connectivity index (χ1v) is 13.1. The van der Waals surface area contributed by atoms with Gasteiger partial charge in [-0.05, 0) is 49.1 Å². The molecule has 3 amide bonds. The minimum absolute atomic E-state index is 0.0496. The van der Waals surface area contributed by atoms with Crippen LogP contribution in [0.25, 0.3) is 0 Å². The van der Waals surface area contributed by atoms with Crippen LogP contribution >= 0.6 is 11.8 Å². The van der Waals surface area contributed by atoms with Gasteiger partial charge < -0.3 is 10.2 Å². The third kappa shape index (κ3) is 4.10. The van der Waals surface area contributed by atoms with Crippen LogP contribution in [0, 0.1) is 13.8 Å². The molecule has 5 nitrogen and oxygen atoms in total. The van der Waals surface area contributed by atoms with Crippen molar-refractivity contribution in [1.29, 1.82) is 0 Å². The number of fused-ring (bicyclic) bond motifs is 2. The molecule has 5 rings (SSSR count). The number of nitrogens with one attached hydrogen (secondary N) is 1. The number of urea groups is 1. The third-order valence-electron chi connectivity index (χ3n) is 6.88. The molecule has 2 aliphatic rings. The average Bonchev–Trinajstić information content (AvgIpc) is 3.38. The van der Waals surface area contributed by atoms with Crippen LogP contribution in [0.4, 0.5) is 16.2 Å². The number of thioether (sulfide) groups is 1. The van der Waals surface area contributed by atoms with Crippen molar-refractivity contribution in [2.24, 2.45) is 0 Å². The summed E-state index contributed by atoms with van der Waals surface area (Å²) in [5.74, 6) is 1.08. The van der Waals surface area contributed by atoms with E-state index in [1.54, 1.807) is 16.7 Å². The highest BCUT2D eigenvalue weighted by molar-refractivity contribution is 8.01. The average molecular weight is 486 g/mol. The second kappa shape index (κ2) is 9.08. The summed E-state index contributed by atoms with van der Waals surface area (Å²) < 4.78 is 0. The second-order valence-electron chi connectivity index (χ2n) is 9.75. The number of nitrogens with zero attached hydrogens (tertiary/aromatic N) is 2. The Morgan fingerprint density at radius 3 is 2.37 bits per heavy atom. The van der Waals surface area contributed by atoms with Gasteiger partial charge in [-0.25, -0.2) is 4.79 Å². The van der Waals surface area contributed by atoms with Gasteiger partial charge >= 0.3 is 6.03 Å². The van der Waals surface area contributed by atoms with Crippen LogP contribution in [0.1, 0.15) is 47.6 Å². The third-order valence-corrected chi connectivity index (χ3v) is 8.30. The normalized spacial score (nSPS) is 19.1. The zero-order valence-electron chi connectivity index (χ0n) is 20.7. The molecule has 1 N–H and O–H groups in total. The molecule has 0 radical (unpaired) electrons. The van der Waals surface area contributed by atoms with Crippen LogP contribution < -0.4 is 10.2 Å². The number of anilines is 2. The number of amides is 3. The minimum Gasteiger partial charge on any atom is -0.308 e. The number of carbonyl (C=O) groups is 2. The van der Waals surface area contributed by atoms with Gasteiger partial charge in [-0.1, -0.05) is 73.5 Å². The maximum Gasteiger partial charge on any atom is 0.323 e. The van der Waals surface area contributed by atoms with Crippen molar-refractivity contribution >= 4 is 35.1 Å². The summed E-state index contributed by atoms with van der Waals surface area (Å²) in [5, 5.41) is 3.04. The molecule has 3 aromatic carbocycles. The molecule has 35 heavy (non-hydrogen) atoms. The summed E-state index contributed by atoms with van der Waals surface area (Å²) in [5.41, 5.74) is 7.07. The topological polar surface area (TPSA) is 52.7 Å². The van der Waals surface area contributed by atoms with Gasteiger partial charge in [-0.2, -0.15) is 0 Å². The smallest absolute Gasteiger partial charge is 0.308 e. The Morgan fingerprint density at radius 2 is 1.69 bits per heavy atom. The van der Waals surface area contributed by atoms with Gasteiger partial charge in [0.2, 0.25) is 0 Å². The molecule has 1 saturated heterocycles. The van der Waals surface area contributed by atoms with E-state index in [1.165, 1.54) is 11.1 Å². The molecular weight excluding hydrogens is 454 g/mol. The predicted octanol–water partition coefficient (Wildman–Crippen LogP) is 6.41. The lowest BCUT2D eigenvalue weighted by Gasteiger charge is -2.33. The molecule has 0 saturated carbocycles. The first kappa shape index (κ1) is 23.5. The molecule has 1 fully saturated rings. The van der Waals surface area contributed by atoms with Crippen LogP contribution in [0.3, 0.4) is 0 Å². The van der Waals surface area contributed by atoms with Gasteiger partial charge in [-0.3, -0.25) is 9.69 Å². The lowest BCUT2D eigenvalue weighted by Crippen LogP contribution is -2.51. The van der Waals surface area contributed by atoms with E-state index in [9.17, 15) is 9.59 Å². The molecule has 2 heterocycles. The minimum atomic E-state index is -1.05. The molecule has 3 aromatic rings. The Hall–Kier alpha value is -3.25. The van der Waals surface area contributed by atoms with Gasteiger partial charge in [-0.15, -0.1) is 11.8 Å². The molecule has 180 valence electrons. The summed E-state index contributed by atoms with van der Waals surface area (Å²) >= 11 is 1.56. The van der Waals surface area contributed by atoms with Crippen molar-refractivity contribution in [3.05, 3.63) is 94.5 Å². The van der Waals surface area contributed by atoms with E-state index >= 15 is 0 Å². The summed E-state index contributed by atoms with van der Waals surface area (Å²) in [6.45, 7) is 9.36. The standard InChI is InChI=1S/C29H31N3O2S/c1-19(2)23-10-12-24(13-11-23)30-28(34)32-15-16-35-29(32)25-17-21(4)7-14-26(25)31(27(29)33)18-22-8-5-20(3)6-9-22/h5-14,17,19H,15-16,18H2,1-4H3,(H,30,34)/t29-/m1/s1. The van der Waals surface area contributed by atoms with Crippen LogP contribution in [0.15, 0.2) is 66.7 Å². The fourth-order valence-electron chi connectivity index (χ4n) is 4.90. The van der Waals surface area contributed by atoms with Gasteiger partial charge in [0.15, 0.2) is 4.87 Å². The SMILES string of the molecule is Cc1ccc(CN2C(=O)[C@]3(SCCN3C(=O)Nc3ccc(C(C)C)cc3)c3cc(C)ccc32)cc1. The van der Waals surface area contributed by atoms with Crippen molar-refractivity contribution in [1.82, 2.24) is 4.90 Å². The first-order chi connectivity index (χ1) is 16.8. The van der Waals surface area contributed by atoms with Gasteiger partial charge in [0.05, 0.1) is 12.2 Å². The van der Waals surface area contributed by atoms with Crippen molar-refractivity contribution < 1.29 is 9.59 Å². The lowest BCUT2D eigenvalue weighted by molar-refractivity contribution is -0.123. The van der Waals surface area contributed by atoms with Crippen molar-refractivity contribution in [2.45, 2.75) is 45.0 Å². The zero-order valence-corrected chi connectivity index (χ0v) is 21.5. The fraction of sp³-hybridized carbons (Fsp3) is 0.310. The highest BCUT2D eigenvalue weighted by Crippen LogP contribution is 2.54. The van der Waals surface area contributed by atoms with E-state index in [4.69, 9.17) is 0 Å². The van der Waals surface area contributed by atoms with E-state index < -0.39 is 4.87 Å². The quantitative estimate of drug-likeness (QED) is 0.465. The number of rotatable bonds is 4. The first-order valence-electron chi connectivity index (χ1n) is 12.1. The van der Waals surface area contributed by atoms with Crippen LogP contribution in [0.5, 0.6) is 0 Å². The molecule has 0 bridgehead atoms. The highest BCUT2D eigenvalue weighted by atomic mass is 32.2. The number of carbonyl (C=O) groups excluding carboxylic acids is 2. The summed E-state index contributed by atoms with van der Waals surface area (Å²) in [4.78, 5) is 30.2. The molecule has 6 heteroatoms. The summed E-state index contributed by atoms with van der Waals surface area (Å²) in [6, 6.07) is 22.1. The fourth-order valence-corrected chi connectivity index (χ4v) is 6.36. The summed E-state index contributed by atoms with van der Waals surface area (Å²) in [6.07, 6.45) is 0.